The number of hydrogen-bond acceptors (Lipinski definition) is 4. The molecule has 1 spiro atoms. The lowest BCUT2D eigenvalue weighted by molar-refractivity contribution is -0.145. The quantitative estimate of drug-likeness (QED) is 0.776. The van der Waals surface area contributed by atoms with Crippen molar-refractivity contribution in [2.24, 2.45) is 13.0 Å². The van der Waals surface area contributed by atoms with Crippen LogP contribution in [-0.2, 0) is 29.6 Å². The second kappa shape index (κ2) is 8.09. The SMILES string of the molecule is CCC(CC)C(=O)N1CCC2(CC1)Cc1c(c(C(=O)N3CCCC3)nn1C)CO2. The van der Waals surface area contributed by atoms with E-state index in [1.807, 2.05) is 21.5 Å². The van der Waals surface area contributed by atoms with Gasteiger partial charge in [-0.3, -0.25) is 14.3 Å². The Morgan fingerprint density at radius 1 is 1.07 bits per heavy atom. The molecule has 0 N–H and O–H groups in total. The summed E-state index contributed by atoms with van der Waals surface area (Å²) in [5, 5.41) is 4.58. The number of hydrogen-bond donors (Lipinski definition) is 0. The minimum absolute atomic E-state index is 0.0458. The average Bonchev–Trinajstić information content (AvgIpc) is 3.38. The third-order valence-electron chi connectivity index (χ3n) is 7.20. The number of carbonyl (C=O) groups is 2. The van der Waals surface area contributed by atoms with E-state index in [2.05, 4.69) is 18.9 Å². The van der Waals surface area contributed by atoms with Crippen LogP contribution in [0.4, 0.5) is 0 Å². The van der Waals surface area contributed by atoms with E-state index in [1.54, 1.807) is 0 Å². The molecule has 0 bridgehead atoms. The third kappa shape index (κ3) is 3.69. The first-order chi connectivity index (χ1) is 14.0. The van der Waals surface area contributed by atoms with Crippen LogP contribution in [0.5, 0.6) is 0 Å². The third-order valence-corrected chi connectivity index (χ3v) is 7.20. The van der Waals surface area contributed by atoms with Crippen molar-refractivity contribution in [3.63, 3.8) is 0 Å². The summed E-state index contributed by atoms with van der Waals surface area (Å²) in [7, 11) is 1.93. The van der Waals surface area contributed by atoms with Crippen LogP contribution in [0.15, 0.2) is 0 Å². The molecule has 0 aromatic carbocycles. The first kappa shape index (κ1) is 20.4. The van der Waals surface area contributed by atoms with Crippen LogP contribution in [0, 0.1) is 5.92 Å². The lowest BCUT2D eigenvalue weighted by atomic mass is 9.83. The molecule has 3 aliphatic rings. The van der Waals surface area contributed by atoms with Crippen molar-refractivity contribution < 1.29 is 14.3 Å². The zero-order valence-corrected chi connectivity index (χ0v) is 18.1. The Bertz CT molecular complexity index is 769. The molecule has 7 nitrogen and oxygen atoms in total. The van der Waals surface area contributed by atoms with Crippen molar-refractivity contribution in [2.75, 3.05) is 26.2 Å². The minimum Gasteiger partial charge on any atom is -0.370 e. The first-order valence-electron chi connectivity index (χ1n) is 11.2. The van der Waals surface area contributed by atoms with Gasteiger partial charge in [0.1, 0.15) is 0 Å². The van der Waals surface area contributed by atoms with Crippen LogP contribution in [-0.4, -0.2) is 63.2 Å². The maximum Gasteiger partial charge on any atom is 0.274 e. The van der Waals surface area contributed by atoms with Crippen LogP contribution in [0.25, 0.3) is 0 Å². The number of aromatic nitrogens is 2. The predicted octanol–water partition coefficient (Wildman–Crippen LogP) is 2.53. The molecule has 4 rings (SSSR count). The summed E-state index contributed by atoms with van der Waals surface area (Å²) >= 11 is 0. The monoisotopic (exact) mass is 402 g/mol. The maximum absolute atomic E-state index is 12.9. The predicted molar refractivity (Wildman–Crippen MR) is 109 cm³/mol. The van der Waals surface area contributed by atoms with E-state index >= 15 is 0 Å². The van der Waals surface area contributed by atoms with Gasteiger partial charge in [-0.1, -0.05) is 13.8 Å². The van der Waals surface area contributed by atoms with Gasteiger partial charge in [-0.15, -0.1) is 0 Å². The van der Waals surface area contributed by atoms with Crippen molar-refractivity contribution in [3.8, 4) is 0 Å². The van der Waals surface area contributed by atoms with Gasteiger partial charge in [0.05, 0.1) is 12.2 Å². The van der Waals surface area contributed by atoms with E-state index in [1.165, 1.54) is 0 Å². The molecular formula is C22H34N4O3. The molecule has 0 radical (unpaired) electrons. The number of piperidine rings is 1. The Hall–Kier alpha value is -1.89. The molecule has 160 valence electrons. The zero-order chi connectivity index (χ0) is 20.6. The highest BCUT2D eigenvalue weighted by molar-refractivity contribution is 5.94. The molecule has 3 aliphatic heterocycles. The number of aryl methyl sites for hydroxylation is 1. The lowest BCUT2D eigenvalue weighted by Gasteiger charge is -2.44. The fraction of sp³-hybridized carbons (Fsp3) is 0.773. The number of nitrogens with zero attached hydrogens (tertiary/aromatic N) is 4. The summed E-state index contributed by atoms with van der Waals surface area (Å²) in [4.78, 5) is 29.5. The van der Waals surface area contributed by atoms with Gasteiger partial charge in [0, 0.05) is 56.8 Å². The molecular weight excluding hydrogens is 368 g/mol. The van der Waals surface area contributed by atoms with E-state index in [9.17, 15) is 9.59 Å². The highest BCUT2D eigenvalue weighted by Crippen LogP contribution is 2.38. The van der Waals surface area contributed by atoms with Crippen molar-refractivity contribution in [1.82, 2.24) is 19.6 Å². The van der Waals surface area contributed by atoms with Crippen LogP contribution >= 0.6 is 0 Å². The Kier molecular flexibility index (Phi) is 5.69. The molecule has 2 saturated heterocycles. The highest BCUT2D eigenvalue weighted by Gasteiger charge is 2.43. The number of ether oxygens (including phenoxy) is 1. The molecule has 0 saturated carbocycles. The molecule has 2 fully saturated rings. The smallest absolute Gasteiger partial charge is 0.274 e. The Balaban J connectivity index is 1.46. The van der Waals surface area contributed by atoms with Gasteiger partial charge < -0.3 is 14.5 Å². The van der Waals surface area contributed by atoms with E-state index in [4.69, 9.17) is 4.74 Å². The van der Waals surface area contributed by atoms with Gasteiger partial charge in [-0.2, -0.15) is 5.10 Å². The zero-order valence-electron chi connectivity index (χ0n) is 18.1. The fourth-order valence-corrected chi connectivity index (χ4v) is 5.15. The van der Waals surface area contributed by atoms with Gasteiger partial charge in [-0.05, 0) is 38.5 Å². The van der Waals surface area contributed by atoms with Gasteiger partial charge in [0.2, 0.25) is 5.91 Å². The second-order valence-corrected chi connectivity index (χ2v) is 8.88. The van der Waals surface area contributed by atoms with Gasteiger partial charge in [0.25, 0.3) is 5.91 Å². The molecule has 7 heteroatoms. The van der Waals surface area contributed by atoms with E-state index in [0.29, 0.717) is 18.2 Å². The molecule has 4 heterocycles. The van der Waals surface area contributed by atoms with Crippen molar-refractivity contribution in [1.29, 1.82) is 0 Å². The van der Waals surface area contributed by atoms with Crippen molar-refractivity contribution >= 4 is 11.8 Å². The maximum atomic E-state index is 12.9. The summed E-state index contributed by atoms with van der Waals surface area (Å²) < 4.78 is 8.26. The standard InChI is InChI=1S/C22H34N4O3/c1-4-16(5-2)20(27)26-12-8-22(9-13-26)14-18-17(15-29-22)19(23-24(18)3)21(28)25-10-6-7-11-25/h16H,4-15H2,1-3H3. The van der Waals surface area contributed by atoms with Gasteiger partial charge in [-0.25, -0.2) is 0 Å². The summed E-state index contributed by atoms with van der Waals surface area (Å²) in [6.07, 6.45) is 6.42. The molecule has 2 amide bonds. The second-order valence-electron chi connectivity index (χ2n) is 8.88. The number of amides is 2. The number of likely N-dealkylation sites (tertiary alicyclic amines) is 2. The molecule has 0 atom stereocenters. The summed E-state index contributed by atoms with van der Waals surface area (Å²) in [5.74, 6) is 0.476. The number of fused-ring (bicyclic) bond motifs is 1. The fourth-order valence-electron chi connectivity index (χ4n) is 5.15. The van der Waals surface area contributed by atoms with Crippen LogP contribution in [0.2, 0.25) is 0 Å². The normalized spacial score (nSPS) is 21.1. The summed E-state index contributed by atoms with van der Waals surface area (Å²) in [6, 6.07) is 0. The van der Waals surface area contributed by atoms with Crippen LogP contribution in [0.1, 0.15) is 74.1 Å². The number of carbonyl (C=O) groups excluding carboxylic acids is 2. The number of rotatable bonds is 4. The van der Waals surface area contributed by atoms with Crippen LogP contribution < -0.4 is 0 Å². The Morgan fingerprint density at radius 3 is 2.34 bits per heavy atom. The minimum atomic E-state index is -0.237. The van der Waals surface area contributed by atoms with Gasteiger partial charge >= 0.3 is 0 Å². The van der Waals surface area contributed by atoms with Crippen molar-refractivity contribution in [2.45, 2.75) is 71.0 Å². The average molecular weight is 403 g/mol. The molecule has 1 aromatic rings. The van der Waals surface area contributed by atoms with Crippen molar-refractivity contribution in [3.05, 3.63) is 17.0 Å². The summed E-state index contributed by atoms with van der Waals surface area (Å²) in [6.45, 7) is 7.78. The van der Waals surface area contributed by atoms with E-state index < -0.39 is 0 Å². The topological polar surface area (TPSA) is 67.7 Å². The molecule has 0 aliphatic carbocycles. The molecule has 0 unspecified atom stereocenters. The Labute approximate surface area is 173 Å². The lowest BCUT2D eigenvalue weighted by Crippen LogP contribution is -2.51. The molecule has 1 aromatic heterocycles. The first-order valence-corrected chi connectivity index (χ1v) is 11.2. The van der Waals surface area contributed by atoms with Crippen LogP contribution in [0.3, 0.4) is 0 Å². The van der Waals surface area contributed by atoms with E-state index in [-0.39, 0.29) is 17.4 Å². The molecule has 29 heavy (non-hydrogen) atoms. The Morgan fingerprint density at radius 2 is 1.72 bits per heavy atom. The summed E-state index contributed by atoms with van der Waals surface area (Å²) in [5.41, 5.74) is 2.42. The largest absolute Gasteiger partial charge is 0.370 e. The van der Waals surface area contributed by atoms with Gasteiger partial charge in [0.15, 0.2) is 5.69 Å². The highest BCUT2D eigenvalue weighted by atomic mass is 16.5. The van der Waals surface area contributed by atoms with E-state index in [0.717, 1.165) is 82.4 Å².